The van der Waals surface area contributed by atoms with Gasteiger partial charge in [0.15, 0.2) is 0 Å². The molecule has 5 heteroatoms. The first-order valence-corrected chi connectivity index (χ1v) is 7.76. The largest absolute Gasteiger partial charge is 0.493 e. The Labute approximate surface area is 140 Å². The molecule has 24 heavy (non-hydrogen) atoms. The Balaban J connectivity index is 1.74. The van der Waals surface area contributed by atoms with Crippen LogP contribution in [0.4, 0.5) is 0 Å². The average Bonchev–Trinajstić information content (AvgIpc) is 3.11. The highest BCUT2D eigenvalue weighted by atomic mass is 16.5. The van der Waals surface area contributed by atoms with Crippen molar-refractivity contribution in [2.45, 2.75) is 13.5 Å². The van der Waals surface area contributed by atoms with E-state index >= 15 is 0 Å². The Hall–Kier alpha value is -3.08. The lowest BCUT2D eigenvalue weighted by Gasteiger charge is -2.10. The van der Waals surface area contributed by atoms with Crippen LogP contribution in [0.1, 0.15) is 22.8 Å². The van der Waals surface area contributed by atoms with Gasteiger partial charge >= 0.3 is 5.97 Å². The molecule has 0 fully saturated rings. The fourth-order valence-electron chi connectivity index (χ4n) is 2.41. The zero-order valence-electron chi connectivity index (χ0n) is 13.4. The van der Waals surface area contributed by atoms with Gasteiger partial charge in [0.25, 0.3) is 0 Å². The first-order valence-electron chi connectivity index (χ1n) is 7.76. The van der Waals surface area contributed by atoms with Crippen LogP contribution < -0.4 is 4.74 Å². The second kappa shape index (κ2) is 7.46. The van der Waals surface area contributed by atoms with Crippen molar-refractivity contribution in [1.82, 2.24) is 10.2 Å². The summed E-state index contributed by atoms with van der Waals surface area (Å²) >= 11 is 0. The van der Waals surface area contributed by atoms with Crippen LogP contribution in [0.25, 0.3) is 11.3 Å². The summed E-state index contributed by atoms with van der Waals surface area (Å²) in [6.45, 7) is 2.62. The van der Waals surface area contributed by atoms with E-state index in [0.717, 1.165) is 16.9 Å². The third-order valence-electron chi connectivity index (χ3n) is 3.55. The van der Waals surface area contributed by atoms with Crippen molar-refractivity contribution in [3.63, 3.8) is 0 Å². The molecule has 0 amide bonds. The SMILES string of the molecule is CCOc1ccccc1COC(=O)c1cn[nH]c1-c1ccccc1. The van der Waals surface area contributed by atoms with Crippen LogP contribution in [-0.4, -0.2) is 22.8 Å². The number of carbonyl (C=O) groups is 1. The van der Waals surface area contributed by atoms with Crippen LogP contribution in [0, 0.1) is 0 Å². The predicted molar refractivity (Wildman–Crippen MR) is 90.8 cm³/mol. The molecule has 0 bridgehead atoms. The molecule has 1 heterocycles. The van der Waals surface area contributed by atoms with E-state index in [1.165, 1.54) is 6.20 Å². The van der Waals surface area contributed by atoms with Crippen LogP contribution in [0.2, 0.25) is 0 Å². The van der Waals surface area contributed by atoms with E-state index in [2.05, 4.69) is 10.2 Å². The van der Waals surface area contributed by atoms with E-state index in [0.29, 0.717) is 17.9 Å². The quantitative estimate of drug-likeness (QED) is 0.701. The van der Waals surface area contributed by atoms with E-state index < -0.39 is 5.97 Å². The van der Waals surface area contributed by atoms with Gasteiger partial charge in [0, 0.05) is 11.1 Å². The summed E-state index contributed by atoms with van der Waals surface area (Å²) in [5, 5.41) is 6.83. The van der Waals surface area contributed by atoms with Gasteiger partial charge in [-0.15, -0.1) is 0 Å². The lowest BCUT2D eigenvalue weighted by molar-refractivity contribution is 0.0470. The van der Waals surface area contributed by atoms with Gasteiger partial charge in [-0.1, -0.05) is 48.5 Å². The third-order valence-corrected chi connectivity index (χ3v) is 3.55. The van der Waals surface area contributed by atoms with Crippen molar-refractivity contribution in [3.05, 3.63) is 71.9 Å². The van der Waals surface area contributed by atoms with E-state index in [1.54, 1.807) is 0 Å². The number of aromatic amines is 1. The third kappa shape index (κ3) is 3.46. The molecule has 0 unspecified atom stereocenters. The number of benzene rings is 2. The van der Waals surface area contributed by atoms with Crippen LogP contribution in [-0.2, 0) is 11.3 Å². The molecular weight excluding hydrogens is 304 g/mol. The van der Waals surface area contributed by atoms with E-state index in [1.807, 2.05) is 61.5 Å². The molecule has 0 aliphatic heterocycles. The molecular formula is C19H18N2O3. The Morgan fingerprint density at radius 2 is 1.83 bits per heavy atom. The van der Waals surface area contributed by atoms with Gasteiger partial charge in [0.1, 0.15) is 17.9 Å². The number of rotatable bonds is 6. The van der Waals surface area contributed by atoms with Gasteiger partial charge in [-0.3, -0.25) is 5.10 Å². The number of nitrogens with zero attached hydrogens (tertiary/aromatic N) is 1. The van der Waals surface area contributed by atoms with E-state index in [9.17, 15) is 4.79 Å². The number of hydrogen-bond acceptors (Lipinski definition) is 4. The van der Waals surface area contributed by atoms with E-state index in [4.69, 9.17) is 9.47 Å². The first kappa shape index (κ1) is 15.8. The maximum Gasteiger partial charge on any atom is 0.342 e. The second-order valence-corrected chi connectivity index (χ2v) is 5.14. The molecule has 0 saturated heterocycles. The molecule has 5 nitrogen and oxygen atoms in total. The molecule has 0 radical (unpaired) electrons. The fourth-order valence-corrected chi connectivity index (χ4v) is 2.41. The highest BCUT2D eigenvalue weighted by molar-refractivity contribution is 5.95. The number of H-pyrrole nitrogens is 1. The van der Waals surface area contributed by atoms with Gasteiger partial charge in [-0.05, 0) is 13.0 Å². The molecule has 122 valence electrons. The monoisotopic (exact) mass is 322 g/mol. The van der Waals surface area contributed by atoms with Gasteiger partial charge in [0.2, 0.25) is 0 Å². The molecule has 0 aliphatic rings. The van der Waals surface area contributed by atoms with Crippen molar-refractivity contribution < 1.29 is 14.3 Å². The normalized spacial score (nSPS) is 10.4. The maximum absolute atomic E-state index is 12.4. The van der Waals surface area contributed by atoms with Crippen molar-refractivity contribution in [3.8, 4) is 17.0 Å². The molecule has 0 aliphatic carbocycles. The Morgan fingerprint density at radius 3 is 2.62 bits per heavy atom. The van der Waals surface area contributed by atoms with Gasteiger partial charge in [-0.25, -0.2) is 4.79 Å². The summed E-state index contributed by atoms with van der Waals surface area (Å²) in [6, 6.07) is 17.1. The summed E-state index contributed by atoms with van der Waals surface area (Å²) in [6.07, 6.45) is 1.49. The number of ether oxygens (including phenoxy) is 2. The zero-order valence-corrected chi connectivity index (χ0v) is 13.4. The number of esters is 1. The second-order valence-electron chi connectivity index (χ2n) is 5.14. The summed E-state index contributed by atoms with van der Waals surface area (Å²) in [4.78, 5) is 12.4. The number of hydrogen-bond donors (Lipinski definition) is 1. The van der Waals surface area contributed by atoms with Crippen molar-refractivity contribution >= 4 is 5.97 Å². The van der Waals surface area contributed by atoms with Crippen molar-refractivity contribution in [2.75, 3.05) is 6.61 Å². The van der Waals surface area contributed by atoms with Gasteiger partial charge < -0.3 is 9.47 Å². The standard InChI is InChI=1S/C19H18N2O3/c1-2-23-17-11-7-6-10-15(17)13-24-19(22)16-12-20-21-18(16)14-8-4-3-5-9-14/h3-12H,2,13H2,1H3,(H,20,21). The molecule has 3 rings (SSSR count). The minimum absolute atomic E-state index is 0.147. The molecule has 0 saturated carbocycles. The highest BCUT2D eigenvalue weighted by Crippen LogP contribution is 2.23. The number of carbonyl (C=O) groups excluding carboxylic acids is 1. The predicted octanol–water partition coefficient (Wildman–Crippen LogP) is 3.83. The summed E-state index contributed by atoms with van der Waals surface area (Å²) in [5.41, 5.74) is 2.78. The Bertz CT molecular complexity index is 812. The molecule has 1 aromatic heterocycles. The molecule has 0 atom stereocenters. The molecule has 3 aromatic rings. The Kier molecular flexibility index (Phi) is 4.91. The van der Waals surface area contributed by atoms with Crippen molar-refractivity contribution in [2.24, 2.45) is 0 Å². The minimum Gasteiger partial charge on any atom is -0.493 e. The summed E-state index contributed by atoms with van der Waals surface area (Å²) in [5.74, 6) is 0.303. The average molecular weight is 322 g/mol. The van der Waals surface area contributed by atoms with Gasteiger partial charge in [-0.2, -0.15) is 5.10 Å². The molecule has 0 spiro atoms. The van der Waals surface area contributed by atoms with Crippen LogP contribution in [0.3, 0.4) is 0 Å². The molecule has 1 N–H and O–H groups in total. The van der Waals surface area contributed by atoms with Gasteiger partial charge in [0.05, 0.1) is 18.5 Å². The van der Waals surface area contributed by atoms with Crippen LogP contribution >= 0.6 is 0 Å². The smallest absolute Gasteiger partial charge is 0.342 e. The fraction of sp³-hybridized carbons (Fsp3) is 0.158. The topological polar surface area (TPSA) is 64.2 Å². The zero-order chi connectivity index (χ0) is 16.8. The summed E-state index contributed by atoms with van der Waals surface area (Å²) in [7, 11) is 0. The first-order chi connectivity index (χ1) is 11.8. The van der Waals surface area contributed by atoms with Crippen LogP contribution in [0.15, 0.2) is 60.8 Å². The molecule has 2 aromatic carbocycles. The Morgan fingerprint density at radius 1 is 1.08 bits per heavy atom. The lowest BCUT2D eigenvalue weighted by atomic mass is 10.1. The highest BCUT2D eigenvalue weighted by Gasteiger charge is 2.17. The lowest BCUT2D eigenvalue weighted by Crippen LogP contribution is -2.07. The number of aromatic nitrogens is 2. The van der Waals surface area contributed by atoms with E-state index in [-0.39, 0.29) is 6.61 Å². The number of nitrogens with one attached hydrogen (secondary N) is 1. The number of para-hydroxylation sites is 1. The van der Waals surface area contributed by atoms with Crippen molar-refractivity contribution in [1.29, 1.82) is 0 Å². The minimum atomic E-state index is -0.422. The maximum atomic E-state index is 12.4. The van der Waals surface area contributed by atoms with Crippen LogP contribution in [0.5, 0.6) is 5.75 Å². The summed E-state index contributed by atoms with van der Waals surface area (Å²) < 4.78 is 11.0.